The predicted octanol–water partition coefficient (Wildman–Crippen LogP) is 3.22. The third-order valence-electron chi connectivity index (χ3n) is 3.63. The maximum atomic E-state index is 13.7. The molecule has 0 saturated carbocycles. The Morgan fingerprint density at radius 1 is 1.29 bits per heavy atom. The molecule has 130 valence electrons. The molecule has 5 nitrogen and oxygen atoms in total. The summed E-state index contributed by atoms with van der Waals surface area (Å²) in [6, 6.07) is -0.230. The van der Waals surface area contributed by atoms with Crippen LogP contribution < -0.4 is 0 Å². The quantitative estimate of drug-likeness (QED) is 0.766. The number of halogens is 4. The van der Waals surface area contributed by atoms with Crippen LogP contribution in [0.15, 0.2) is 27.9 Å². The number of aromatic nitrogens is 2. The minimum absolute atomic E-state index is 0.0713. The Labute approximate surface area is 139 Å². The van der Waals surface area contributed by atoms with Gasteiger partial charge < -0.3 is 0 Å². The number of nitrogens with zero attached hydrogens (tertiary/aromatic N) is 3. The van der Waals surface area contributed by atoms with Crippen LogP contribution in [0.4, 0.5) is 17.6 Å². The largest absolute Gasteiger partial charge is 0.433 e. The van der Waals surface area contributed by atoms with Crippen LogP contribution in [0.2, 0.25) is 0 Å². The molecule has 2 aromatic heterocycles. The van der Waals surface area contributed by atoms with Gasteiger partial charge in [0.15, 0.2) is 5.82 Å². The number of sulfonamides is 1. The van der Waals surface area contributed by atoms with Gasteiger partial charge in [0.1, 0.15) is 16.4 Å². The zero-order valence-electron chi connectivity index (χ0n) is 12.0. The highest BCUT2D eigenvalue weighted by molar-refractivity contribution is 7.89. The fraction of sp³-hybridized carbons (Fsp3) is 0.385. The van der Waals surface area contributed by atoms with E-state index in [1.165, 1.54) is 0 Å². The molecule has 3 rings (SSSR count). The van der Waals surface area contributed by atoms with Crippen molar-refractivity contribution in [1.29, 1.82) is 0 Å². The van der Waals surface area contributed by atoms with Gasteiger partial charge in [0.05, 0.1) is 6.04 Å². The predicted molar refractivity (Wildman–Crippen MR) is 77.2 cm³/mol. The normalized spacial score (nSPS) is 19.8. The molecule has 0 bridgehead atoms. The number of rotatable bonds is 3. The average Bonchev–Trinajstić information content (AvgIpc) is 3.15. The van der Waals surface area contributed by atoms with Gasteiger partial charge in [-0.25, -0.2) is 22.8 Å². The molecule has 3 heterocycles. The summed E-state index contributed by atoms with van der Waals surface area (Å²) < 4.78 is 78.2. The van der Waals surface area contributed by atoms with Gasteiger partial charge in [-0.05, 0) is 18.9 Å². The first-order valence-corrected chi connectivity index (χ1v) is 9.23. The summed E-state index contributed by atoms with van der Waals surface area (Å²) in [6.45, 7) is 0.0713. The Hall–Kier alpha value is -1.59. The van der Waals surface area contributed by atoms with Crippen LogP contribution in [0.1, 0.15) is 30.4 Å². The van der Waals surface area contributed by atoms with Crippen LogP contribution in [-0.2, 0) is 16.2 Å². The molecule has 1 aliphatic heterocycles. The van der Waals surface area contributed by atoms with Gasteiger partial charge in [-0.2, -0.15) is 17.5 Å². The highest BCUT2D eigenvalue weighted by Crippen LogP contribution is 2.37. The molecule has 1 fully saturated rings. The fourth-order valence-corrected chi connectivity index (χ4v) is 5.30. The van der Waals surface area contributed by atoms with Crippen molar-refractivity contribution < 1.29 is 26.0 Å². The molecule has 0 aliphatic carbocycles. The molecular weight excluding hydrogens is 370 g/mol. The lowest BCUT2D eigenvalue weighted by atomic mass is 10.2. The molecule has 1 aliphatic rings. The van der Waals surface area contributed by atoms with Gasteiger partial charge in [0.25, 0.3) is 0 Å². The van der Waals surface area contributed by atoms with Crippen LogP contribution in [0.5, 0.6) is 0 Å². The number of hydrogen-bond donors (Lipinski definition) is 0. The summed E-state index contributed by atoms with van der Waals surface area (Å²) in [7, 11) is -4.16. The first-order valence-electron chi connectivity index (χ1n) is 6.85. The van der Waals surface area contributed by atoms with E-state index in [9.17, 15) is 26.0 Å². The highest BCUT2D eigenvalue weighted by Gasteiger charge is 2.40. The van der Waals surface area contributed by atoms with Gasteiger partial charge in [-0.3, -0.25) is 0 Å². The second kappa shape index (κ2) is 6.05. The lowest BCUT2D eigenvalue weighted by Gasteiger charge is -2.23. The van der Waals surface area contributed by atoms with Crippen molar-refractivity contribution >= 4 is 21.4 Å². The maximum Gasteiger partial charge on any atom is 0.433 e. The minimum Gasteiger partial charge on any atom is -0.240 e. The molecular formula is C13H11F4N3O2S2. The van der Waals surface area contributed by atoms with Crippen LogP contribution in [0.25, 0.3) is 0 Å². The van der Waals surface area contributed by atoms with Crippen LogP contribution in [0, 0.1) is 5.82 Å². The summed E-state index contributed by atoms with van der Waals surface area (Å²) in [5.41, 5.74) is -1.14. The van der Waals surface area contributed by atoms with E-state index in [2.05, 4.69) is 9.97 Å². The molecule has 0 radical (unpaired) electrons. The van der Waals surface area contributed by atoms with Gasteiger partial charge in [-0.1, -0.05) is 0 Å². The Morgan fingerprint density at radius 2 is 2.04 bits per heavy atom. The number of hydrogen-bond acceptors (Lipinski definition) is 5. The van der Waals surface area contributed by atoms with Gasteiger partial charge in [0, 0.05) is 23.5 Å². The monoisotopic (exact) mass is 381 g/mol. The molecule has 0 aromatic carbocycles. The van der Waals surface area contributed by atoms with Crippen LogP contribution in [0.3, 0.4) is 0 Å². The van der Waals surface area contributed by atoms with Crippen molar-refractivity contribution in [2.45, 2.75) is 30.0 Å². The van der Waals surface area contributed by atoms with Crippen molar-refractivity contribution in [3.05, 3.63) is 40.4 Å². The molecule has 0 N–H and O–H groups in total. The van der Waals surface area contributed by atoms with Crippen molar-refractivity contribution in [3.63, 3.8) is 0 Å². The summed E-state index contributed by atoms with van der Waals surface area (Å²) in [4.78, 5) is 6.77. The summed E-state index contributed by atoms with van der Waals surface area (Å²) in [6.07, 6.45) is -3.01. The van der Waals surface area contributed by atoms with Crippen molar-refractivity contribution in [2.24, 2.45) is 0 Å². The number of alkyl halides is 3. The van der Waals surface area contributed by atoms with E-state index in [0.29, 0.717) is 6.42 Å². The summed E-state index contributed by atoms with van der Waals surface area (Å²) in [5.74, 6) is -1.11. The zero-order chi connectivity index (χ0) is 17.5. The molecule has 1 saturated heterocycles. The Balaban J connectivity index is 1.99. The molecule has 24 heavy (non-hydrogen) atoms. The highest BCUT2D eigenvalue weighted by atomic mass is 32.2. The van der Waals surface area contributed by atoms with Gasteiger partial charge in [-0.15, -0.1) is 11.3 Å². The molecule has 0 spiro atoms. The van der Waals surface area contributed by atoms with Gasteiger partial charge in [0.2, 0.25) is 10.0 Å². The fourth-order valence-electron chi connectivity index (χ4n) is 2.56. The van der Waals surface area contributed by atoms with Gasteiger partial charge >= 0.3 is 6.18 Å². The molecule has 1 atom stereocenters. The minimum atomic E-state index is -4.65. The smallest absolute Gasteiger partial charge is 0.240 e. The van der Waals surface area contributed by atoms with Crippen molar-refractivity contribution in [2.75, 3.05) is 6.54 Å². The molecule has 1 unspecified atom stereocenters. The first kappa shape index (κ1) is 17.2. The van der Waals surface area contributed by atoms with Crippen molar-refractivity contribution in [1.82, 2.24) is 14.3 Å². The second-order valence-corrected chi connectivity index (χ2v) is 7.76. The molecule has 2 aromatic rings. The average molecular weight is 381 g/mol. The van der Waals surface area contributed by atoms with E-state index in [4.69, 9.17) is 0 Å². The van der Waals surface area contributed by atoms with Crippen molar-refractivity contribution in [3.8, 4) is 0 Å². The first-order chi connectivity index (χ1) is 11.2. The third-order valence-corrected chi connectivity index (χ3v) is 6.42. The molecule has 11 heteroatoms. The van der Waals surface area contributed by atoms with E-state index in [1.54, 1.807) is 0 Å². The zero-order valence-corrected chi connectivity index (χ0v) is 13.6. The lowest BCUT2D eigenvalue weighted by molar-refractivity contribution is -0.141. The Bertz CT molecular complexity index is 851. The Kier molecular flexibility index (Phi) is 4.34. The Morgan fingerprint density at radius 3 is 2.67 bits per heavy atom. The van der Waals surface area contributed by atoms with Crippen LogP contribution >= 0.6 is 11.3 Å². The molecule has 0 amide bonds. The van der Waals surface area contributed by atoms with E-state index >= 15 is 0 Å². The van der Waals surface area contributed by atoms with E-state index in [1.807, 2.05) is 0 Å². The number of thiophene rings is 1. The topological polar surface area (TPSA) is 63.2 Å². The maximum absolute atomic E-state index is 13.7. The SMILES string of the molecule is O=S(=O)(c1cscc1F)N1CCCC1c1nccc(C(F)(F)F)n1. The van der Waals surface area contributed by atoms with E-state index < -0.39 is 38.6 Å². The summed E-state index contributed by atoms with van der Waals surface area (Å²) >= 11 is 0.894. The second-order valence-electron chi connectivity index (χ2n) is 5.16. The van der Waals surface area contributed by atoms with E-state index in [-0.39, 0.29) is 18.8 Å². The van der Waals surface area contributed by atoms with E-state index in [0.717, 1.165) is 38.7 Å². The summed E-state index contributed by atoms with van der Waals surface area (Å²) in [5, 5.41) is 2.21. The van der Waals surface area contributed by atoms with Crippen LogP contribution in [-0.4, -0.2) is 29.2 Å². The lowest BCUT2D eigenvalue weighted by Crippen LogP contribution is -2.32. The third kappa shape index (κ3) is 3.03. The standard InChI is InChI=1S/C13H11F4N3O2S2/c14-8-6-23-7-10(8)24(21,22)20-5-1-2-9(20)12-18-4-3-11(19-12)13(15,16)17/h3-4,6-7,9H,1-2,5H2.